The van der Waals surface area contributed by atoms with Gasteiger partial charge in [-0.25, -0.2) is 4.99 Å². The van der Waals surface area contributed by atoms with E-state index < -0.39 is 5.97 Å². The summed E-state index contributed by atoms with van der Waals surface area (Å²) in [6.07, 6.45) is 2.27. The van der Waals surface area contributed by atoms with Gasteiger partial charge < -0.3 is 5.11 Å². The maximum Gasteiger partial charge on any atom is 0.307 e. The average molecular weight is 340 g/mol. The van der Waals surface area contributed by atoms with Crippen molar-refractivity contribution >= 4 is 46.4 Å². The minimum absolute atomic E-state index is 0.132. The zero-order valence-electron chi connectivity index (χ0n) is 12.1. The standard InChI is InChI=1S/C14H9Cl2NO3.C2H6/c15-10-6-9(18)7-11(16)14(10)17-12-4-2-1-3-8(12)5-13(19)20;1-2/h1-4,6-7H,5H2,(H,19,20);1-2H3. The van der Waals surface area contributed by atoms with Crippen LogP contribution < -0.4 is 0 Å². The van der Waals surface area contributed by atoms with Crippen molar-refractivity contribution in [1.82, 2.24) is 0 Å². The fraction of sp³-hybridized carbons (Fsp3) is 0.188. The van der Waals surface area contributed by atoms with Crippen LogP contribution in [-0.2, 0) is 16.0 Å². The summed E-state index contributed by atoms with van der Waals surface area (Å²) < 4.78 is 0. The van der Waals surface area contributed by atoms with Gasteiger partial charge in [0.25, 0.3) is 0 Å². The quantitative estimate of drug-likeness (QED) is 0.837. The first-order valence-corrected chi connectivity index (χ1v) is 7.40. The molecular weight excluding hydrogens is 325 g/mol. The molecule has 1 aliphatic rings. The Morgan fingerprint density at radius 2 is 1.68 bits per heavy atom. The molecule has 0 atom stereocenters. The Labute approximate surface area is 138 Å². The number of para-hydroxylation sites is 1. The van der Waals surface area contributed by atoms with Gasteiger partial charge >= 0.3 is 5.97 Å². The summed E-state index contributed by atoms with van der Waals surface area (Å²) >= 11 is 11.9. The number of nitrogens with zero attached hydrogens (tertiary/aromatic N) is 1. The van der Waals surface area contributed by atoms with Gasteiger partial charge in [-0.3, -0.25) is 9.59 Å². The number of allylic oxidation sites excluding steroid dienone is 4. The Kier molecular flexibility index (Phi) is 7.02. The van der Waals surface area contributed by atoms with Crippen molar-refractivity contribution in [2.24, 2.45) is 4.99 Å². The van der Waals surface area contributed by atoms with Crippen molar-refractivity contribution in [3.63, 3.8) is 0 Å². The van der Waals surface area contributed by atoms with Crippen LogP contribution in [0.4, 0.5) is 5.69 Å². The highest BCUT2D eigenvalue weighted by atomic mass is 35.5. The van der Waals surface area contributed by atoms with Crippen LogP contribution >= 0.6 is 23.2 Å². The number of hydrogen-bond acceptors (Lipinski definition) is 3. The molecule has 1 aromatic rings. The topological polar surface area (TPSA) is 66.7 Å². The van der Waals surface area contributed by atoms with Gasteiger partial charge in [-0.2, -0.15) is 0 Å². The van der Waals surface area contributed by atoms with E-state index in [0.717, 1.165) is 0 Å². The summed E-state index contributed by atoms with van der Waals surface area (Å²) in [4.78, 5) is 26.3. The van der Waals surface area contributed by atoms with E-state index in [4.69, 9.17) is 28.3 Å². The van der Waals surface area contributed by atoms with Gasteiger partial charge in [-0.15, -0.1) is 0 Å². The third-order valence-corrected chi connectivity index (χ3v) is 3.13. The van der Waals surface area contributed by atoms with Crippen molar-refractivity contribution in [3.8, 4) is 0 Å². The van der Waals surface area contributed by atoms with E-state index >= 15 is 0 Å². The molecule has 0 radical (unpaired) electrons. The SMILES string of the molecule is CC.O=C1C=C(Cl)C(=Nc2ccccc2CC(=O)O)C(Cl)=C1. The lowest BCUT2D eigenvalue weighted by atomic mass is 10.1. The molecule has 0 saturated carbocycles. The summed E-state index contributed by atoms with van der Waals surface area (Å²) in [5, 5.41) is 9.13. The molecule has 0 aliphatic heterocycles. The second kappa shape index (κ2) is 8.51. The molecule has 1 aromatic carbocycles. The molecule has 0 saturated heterocycles. The van der Waals surface area contributed by atoms with Crippen LogP contribution in [0.25, 0.3) is 0 Å². The summed E-state index contributed by atoms with van der Waals surface area (Å²) in [5.74, 6) is -1.27. The predicted octanol–water partition coefficient (Wildman–Crippen LogP) is 4.24. The lowest BCUT2D eigenvalue weighted by Gasteiger charge is -2.10. The number of aliphatic imine (C=N–C) groups is 1. The first-order valence-electron chi connectivity index (χ1n) is 6.65. The Morgan fingerprint density at radius 1 is 1.14 bits per heavy atom. The average Bonchev–Trinajstić information content (AvgIpc) is 2.46. The highest BCUT2D eigenvalue weighted by Crippen LogP contribution is 2.26. The number of hydrogen-bond donors (Lipinski definition) is 1. The normalized spacial score (nSPS) is 13.6. The molecule has 22 heavy (non-hydrogen) atoms. The smallest absolute Gasteiger partial charge is 0.307 e. The number of carboxylic acids is 1. The third-order valence-electron chi connectivity index (χ3n) is 2.56. The van der Waals surface area contributed by atoms with E-state index in [0.29, 0.717) is 11.3 Å². The second-order valence-electron chi connectivity index (χ2n) is 4.05. The van der Waals surface area contributed by atoms with Crippen LogP contribution in [0.3, 0.4) is 0 Å². The Morgan fingerprint density at radius 3 is 2.23 bits per heavy atom. The minimum atomic E-state index is -0.959. The molecule has 0 spiro atoms. The number of carbonyl (C=O) groups excluding carboxylic acids is 1. The van der Waals surface area contributed by atoms with Gasteiger partial charge in [-0.1, -0.05) is 55.2 Å². The molecule has 0 bridgehead atoms. The van der Waals surface area contributed by atoms with E-state index in [1.807, 2.05) is 13.8 Å². The first kappa shape index (κ1) is 18.1. The number of carbonyl (C=O) groups is 2. The maximum atomic E-state index is 11.2. The molecule has 1 aliphatic carbocycles. The van der Waals surface area contributed by atoms with E-state index in [1.165, 1.54) is 12.2 Å². The van der Waals surface area contributed by atoms with Crippen LogP contribution in [0.1, 0.15) is 19.4 Å². The van der Waals surface area contributed by atoms with Crippen LogP contribution in [0.5, 0.6) is 0 Å². The van der Waals surface area contributed by atoms with Gasteiger partial charge in [0.05, 0.1) is 22.2 Å². The van der Waals surface area contributed by atoms with Crippen LogP contribution in [0.15, 0.2) is 51.5 Å². The van der Waals surface area contributed by atoms with Crippen LogP contribution in [0, 0.1) is 0 Å². The number of carboxylic acid groups (broad SMARTS) is 1. The Hall–Kier alpha value is -1.91. The Bertz CT molecular complexity index is 652. The highest BCUT2D eigenvalue weighted by molar-refractivity contribution is 6.58. The van der Waals surface area contributed by atoms with Crippen molar-refractivity contribution in [2.75, 3.05) is 0 Å². The Balaban J connectivity index is 0.00000116. The number of benzene rings is 1. The molecule has 2 rings (SSSR count). The maximum absolute atomic E-state index is 11.2. The van der Waals surface area contributed by atoms with E-state index in [1.54, 1.807) is 24.3 Å². The van der Waals surface area contributed by atoms with Crippen LogP contribution in [-0.4, -0.2) is 22.6 Å². The molecule has 0 heterocycles. The molecule has 6 heteroatoms. The highest BCUT2D eigenvalue weighted by Gasteiger charge is 2.17. The monoisotopic (exact) mass is 339 g/mol. The van der Waals surface area contributed by atoms with E-state index in [9.17, 15) is 9.59 Å². The summed E-state index contributed by atoms with van der Waals surface area (Å²) in [6.45, 7) is 4.00. The minimum Gasteiger partial charge on any atom is -0.481 e. The summed E-state index contributed by atoms with van der Waals surface area (Å²) in [5.41, 5.74) is 1.25. The van der Waals surface area contributed by atoms with Crippen LogP contribution in [0.2, 0.25) is 0 Å². The molecule has 116 valence electrons. The zero-order chi connectivity index (χ0) is 16.7. The molecule has 0 amide bonds. The van der Waals surface area contributed by atoms with Gasteiger partial charge in [0.15, 0.2) is 5.78 Å². The van der Waals surface area contributed by atoms with Crippen molar-refractivity contribution in [2.45, 2.75) is 20.3 Å². The van der Waals surface area contributed by atoms with Gasteiger partial charge in [0, 0.05) is 12.2 Å². The predicted molar refractivity (Wildman–Crippen MR) is 89.1 cm³/mol. The number of aliphatic carboxylic acids is 1. The molecule has 4 nitrogen and oxygen atoms in total. The molecule has 1 N–H and O–H groups in total. The number of rotatable bonds is 3. The number of halogens is 2. The van der Waals surface area contributed by atoms with Gasteiger partial charge in [0.2, 0.25) is 0 Å². The van der Waals surface area contributed by atoms with Crippen molar-refractivity contribution in [3.05, 3.63) is 52.0 Å². The van der Waals surface area contributed by atoms with Crippen molar-refractivity contribution < 1.29 is 14.7 Å². The van der Waals surface area contributed by atoms with Gasteiger partial charge in [-0.05, 0) is 11.6 Å². The lowest BCUT2D eigenvalue weighted by Crippen LogP contribution is -2.08. The fourth-order valence-corrected chi connectivity index (χ4v) is 2.25. The molecule has 0 unspecified atom stereocenters. The van der Waals surface area contributed by atoms with Gasteiger partial charge in [0.1, 0.15) is 5.71 Å². The first-order chi connectivity index (χ1) is 10.5. The number of ketones is 1. The molecule has 0 aromatic heterocycles. The van der Waals surface area contributed by atoms with E-state index in [2.05, 4.69) is 4.99 Å². The third kappa shape index (κ3) is 4.83. The molecule has 0 fully saturated rings. The zero-order valence-corrected chi connectivity index (χ0v) is 13.6. The second-order valence-corrected chi connectivity index (χ2v) is 4.86. The summed E-state index contributed by atoms with van der Waals surface area (Å²) in [6, 6.07) is 6.78. The van der Waals surface area contributed by atoms with Crippen molar-refractivity contribution in [1.29, 1.82) is 0 Å². The summed E-state index contributed by atoms with van der Waals surface area (Å²) in [7, 11) is 0. The fourth-order valence-electron chi connectivity index (χ4n) is 1.70. The lowest BCUT2D eigenvalue weighted by molar-refractivity contribution is -0.136. The van der Waals surface area contributed by atoms with E-state index in [-0.39, 0.29) is 28.0 Å². The largest absolute Gasteiger partial charge is 0.481 e. The molecular formula is C16H15Cl2NO3.